The molecule has 3 N–H and O–H groups in total. The average Bonchev–Trinajstić information content (AvgIpc) is 2.89. The summed E-state index contributed by atoms with van der Waals surface area (Å²) >= 11 is 3.29. The molecule has 0 bridgehead atoms. The van der Waals surface area contributed by atoms with Crippen LogP contribution in [0.4, 0.5) is 4.39 Å². The van der Waals surface area contributed by atoms with Crippen LogP contribution in [0.3, 0.4) is 0 Å². The quantitative estimate of drug-likeness (QED) is 0.892. The summed E-state index contributed by atoms with van der Waals surface area (Å²) in [5.41, 5.74) is 5.79. The van der Waals surface area contributed by atoms with Crippen LogP contribution in [-0.4, -0.2) is 12.5 Å². The second-order valence-corrected chi connectivity index (χ2v) is 6.03. The van der Waals surface area contributed by atoms with Gasteiger partial charge in [-0.05, 0) is 31.0 Å². The molecule has 0 spiro atoms. The van der Waals surface area contributed by atoms with Crippen LogP contribution in [0, 0.1) is 11.2 Å². The van der Waals surface area contributed by atoms with Crippen molar-refractivity contribution >= 4 is 21.8 Å². The van der Waals surface area contributed by atoms with Crippen molar-refractivity contribution < 1.29 is 9.18 Å². The standard InChI is InChI=1S/C14H18BrFN2O/c15-11-3-4-12(16)10(7-11)8-18-13(19)14(9-17)5-1-2-6-14/h3-4,7H,1-2,5-6,8-9,17H2,(H,18,19). The monoisotopic (exact) mass is 328 g/mol. The molecule has 1 aromatic rings. The van der Waals surface area contributed by atoms with E-state index in [0.29, 0.717) is 12.1 Å². The molecule has 1 amide bonds. The van der Waals surface area contributed by atoms with Gasteiger partial charge in [0.15, 0.2) is 0 Å². The van der Waals surface area contributed by atoms with Crippen molar-refractivity contribution in [3.05, 3.63) is 34.1 Å². The SMILES string of the molecule is NCC1(C(=O)NCc2cc(Br)ccc2F)CCCC1. The van der Waals surface area contributed by atoms with Gasteiger partial charge in [-0.15, -0.1) is 0 Å². The maximum atomic E-state index is 13.6. The molecule has 5 heteroatoms. The molecule has 1 aromatic carbocycles. The molecule has 1 saturated carbocycles. The fourth-order valence-electron chi connectivity index (χ4n) is 2.62. The topological polar surface area (TPSA) is 55.1 Å². The van der Waals surface area contributed by atoms with Gasteiger partial charge < -0.3 is 11.1 Å². The normalized spacial score (nSPS) is 17.4. The van der Waals surface area contributed by atoms with Crippen LogP contribution in [0.1, 0.15) is 31.2 Å². The summed E-state index contributed by atoms with van der Waals surface area (Å²) in [5, 5.41) is 2.82. The highest BCUT2D eigenvalue weighted by Gasteiger charge is 2.39. The Balaban J connectivity index is 2.02. The van der Waals surface area contributed by atoms with E-state index in [9.17, 15) is 9.18 Å². The van der Waals surface area contributed by atoms with E-state index in [1.807, 2.05) is 0 Å². The van der Waals surface area contributed by atoms with Gasteiger partial charge in [0, 0.05) is 23.1 Å². The highest BCUT2D eigenvalue weighted by Crippen LogP contribution is 2.37. The lowest BCUT2D eigenvalue weighted by atomic mass is 9.85. The lowest BCUT2D eigenvalue weighted by molar-refractivity contribution is -0.130. The van der Waals surface area contributed by atoms with Crippen LogP contribution >= 0.6 is 15.9 Å². The molecule has 0 unspecified atom stereocenters. The fraction of sp³-hybridized carbons (Fsp3) is 0.500. The first-order valence-electron chi connectivity index (χ1n) is 6.50. The average molecular weight is 329 g/mol. The Bertz CT molecular complexity index is 473. The Morgan fingerprint density at radius 3 is 2.74 bits per heavy atom. The highest BCUT2D eigenvalue weighted by atomic mass is 79.9. The lowest BCUT2D eigenvalue weighted by Crippen LogP contribution is -2.43. The van der Waals surface area contributed by atoms with Gasteiger partial charge in [-0.25, -0.2) is 4.39 Å². The number of nitrogens with two attached hydrogens (primary N) is 1. The van der Waals surface area contributed by atoms with Crippen molar-refractivity contribution in [1.82, 2.24) is 5.32 Å². The second-order valence-electron chi connectivity index (χ2n) is 5.11. The smallest absolute Gasteiger partial charge is 0.227 e. The Hall–Kier alpha value is -0.940. The summed E-state index contributed by atoms with van der Waals surface area (Å²) in [7, 11) is 0. The first kappa shape index (κ1) is 14.5. The van der Waals surface area contributed by atoms with E-state index in [4.69, 9.17) is 5.73 Å². The van der Waals surface area contributed by atoms with Gasteiger partial charge >= 0.3 is 0 Å². The minimum Gasteiger partial charge on any atom is -0.351 e. The van der Waals surface area contributed by atoms with Gasteiger partial charge in [-0.1, -0.05) is 28.8 Å². The number of hydrogen-bond acceptors (Lipinski definition) is 2. The van der Waals surface area contributed by atoms with Gasteiger partial charge in [0.25, 0.3) is 0 Å². The Morgan fingerprint density at radius 1 is 1.42 bits per heavy atom. The van der Waals surface area contributed by atoms with Gasteiger partial charge in [0.05, 0.1) is 5.41 Å². The predicted octanol–water partition coefficient (Wildman–Crippen LogP) is 2.72. The lowest BCUT2D eigenvalue weighted by Gasteiger charge is -2.25. The van der Waals surface area contributed by atoms with Crippen molar-refractivity contribution in [2.75, 3.05) is 6.54 Å². The van der Waals surface area contributed by atoms with Gasteiger partial charge in [0.1, 0.15) is 5.82 Å². The fourth-order valence-corrected chi connectivity index (χ4v) is 3.03. The van der Waals surface area contributed by atoms with Crippen molar-refractivity contribution in [2.24, 2.45) is 11.1 Å². The zero-order chi connectivity index (χ0) is 13.9. The van der Waals surface area contributed by atoms with Crippen LogP contribution in [0.2, 0.25) is 0 Å². The van der Waals surface area contributed by atoms with E-state index in [-0.39, 0.29) is 18.3 Å². The minimum atomic E-state index is -0.442. The van der Waals surface area contributed by atoms with E-state index in [0.717, 1.165) is 30.2 Å². The number of carbonyl (C=O) groups is 1. The highest BCUT2D eigenvalue weighted by molar-refractivity contribution is 9.10. The number of halogens is 2. The minimum absolute atomic E-state index is 0.0492. The van der Waals surface area contributed by atoms with E-state index >= 15 is 0 Å². The summed E-state index contributed by atoms with van der Waals surface area (Å²) in [5.74, 6) is -0.358. The zero-order valence-corrected chi connectivity index (χ0v) is 12.3. The molecule has 1 fully saturated rings. The zero-order valence-electron chi connectivity index (χ0n) is 10.7. The van der Waals surface area contributed by atoms with Gasteiger partial charge in [0.2, 0.25) is 5.91 Å². The predicted molar refractivity (Wildman–Crippen MR) is 75.9 cm³/mol. The molecular formula is C14H18BrFN2O. The molecular weight excluding hydrogens is 311 g/mol. The molecule has 104 valence electrons. The first-order valence-corrected chi connectivity index (χ1v) is 7.29. The third kappa shape index (κ3) is 3.15. The van der Waals surface area contributed by atoms with Gasteiger partial charge in [-0.2, -0.15) is 0 Å². The van der Waals surface area contributed by atoms with Crippen molar-refractivity contribution in [3.8, 4) is 0 Å². The Morgan fingerprint density at radius 2 is 2.11 bits per heavy atom. The maximum Gasteiger partial charge on any atom is 0.227 e. The molecule has 0 heterocycles. The molecule has 0 atom stereocenters. The molecule has 2 rings (SSSR count). The molecule has 0 saturated heterocycles. The number of amides is 1. The van der Waals surface area contributed by atoms with Crippen LogP contribution in [0.15, 0.2) is 22.7 Å². The van der Waals surface area contributed by atoms with Crippen LogP contribution in [0.5, 0.6) is 0 Å². The van der Waals surface area contributed by atoms with Crippen molar-refractivity contribution in [1.29, 1.82) is 0 Å². The van der Waals surface area contributed by atoms with E-state index in [2.05, 4.69) is 21.2 Å². The molecule has 0 radical (unpaired) electrons. The number of hydrogen-bond donors (Lipinski definition) is 2. The molecule has 0 aliphatic heterocycles. The third-order valence-electron chi connectivity index (χ3n) is 3.88. The van der Waals surface area contributed by atoms with Crippen LogP contribution in [0.25, 0.3) is 0 Å². The number of benzene rings is 1. The molecule has 1 aliphatic carbocycles. The summed E-state index contributed by atoms with van der Waals surface area (Å²) in [6.07, 6.45) is 3.73. The van der Waals surface area contributed by atoms with Gasteiger partial charge in [-0.3, -0.25) is 4.79 Å². The van der Waals surface area contributed by atoms with Crippen LogP contribution in [-0.2, 0) is 11.3 Å². The Kier molecular flexibility index (Phi) is 4.58. The van der Waals surface area contributed by atoms with Crippen molar-refractivity contribution in [2.45, 2.75) is 32.2 Å². The number of carbonyl (C=O) groups excluding carboxylic acids is 1. The summed E-state index contributed by atoms with van der Waals surface area (Å²) < 4.78 is 14.4. The second kappa shape index (κ2) is 6.01. The summed E-state index contributed by atoms with van der Waals surface area (Å²) in [6, 6.07) is 4.71. The third-order valence-corrected chi connectivity index (χ3v) is 4.37. The van der Waals surface area contributed by atoms with Crippen molar-refractivity contribution in [3.63, 3.8) is 0 Å². The molecule has 19 heavy (non-hydrogen) atoms. The largest absolute Gasteiger partial charge is 0.351 e. The molecule has 3 nitrogen and oxygen atoms in total. The van der Waals surface area contributed by atoms with E-state index < -0.39 is 5.41 Å². The Labute approximate surface area is 120 Å². The molecule has 0 aromatic heterocycles. The maximum absolute atomic E-state index is 13.6. The number of rotatable bonds is 4. The van der Waals surface area contributed by atoms with Crippen LogP contribution < -0.4 is 11.1 Å². The molecule has 1 aliphatic rings. The number of nitrogens with one attached hydrogen (secondary N) is 1. The van der Waals surface area contributed by atoms with E-state index in [1.54, 1.807) is 12.1 Å². The first-order chi connectivity index (χ1) is 9.07. The summed E-state index contributed by atoms with van der Waals surface area (Å²) in [4.78, 5) is 12.2. The summed E-state index contributed by atoms with van der Waals surface area (Å²) in [6.45, 7) is 0.561. The van der Waals surface area contributed by atoms with E-state index in [1.165, 1.54) is 6.07 Å².